The first-order valence-corrected chi connectivity index (χ1v) is 20.1. The summed E-state index contributed by atoms with van der Waals surface area (Å²) < 4.78 is 21.5. The molecule has 0 spiro atoms. The van der Waals surface area contributed by atoms with Gasteiger partial charge in [-0.3, -0.25) is 0 Å². The highest BCUT2D eigenvalue weighted by atomic mass is 19.1. The van der Waals surface area contributed by atoms with E-state index in [0.29, 0.717) is 11.4 Å². The Kier molecular flexibility index (Phi) is 8.41. The first kappa shape index (κ1) is 35.6. The Morgan fingerprint density at radius 3 is 1.00 bits per heavy atom. The van der Waals surface area contributed by atoms with E-state index in [0.717, 1.165) is 88.1 Å². The summed E-state index contributed by atoms with van der Waals surface area (Å²) in [6.07, 6.45) is 0. The van der Waals surface area contributed by atoms with Crippen LogP contribution in [0.1, 0.15) is 5.56 Å². The fraction of sp³-hybridized carbons (Fsp3) is 0. The van der Waals surface area contributed by atoms with Crippen LogP contribution >= 0.6 is 0 Å². The summed E-state index contributed by atoms with van der Waals surface area (Å²) in [5.41, 5.74) is 11.7. The molecule has 61 heavy (non-hydrogen) atoms. The highest BCUT2D eigenvalue weighted by Gasteiger charge is 2.26. The van der Waals surface area contributed by atoms with Gasteiger partial charge >= 0.3 is 0 Å². The molecule has 11 aromatic rings. The molecule has 0 atom stereocenters. The Hall–Kier alpha value is -8.51. The van der Waals surface area contributed by atoms with E-state index in [1.165, 1.54) is 0 Å². The number of nitriles is 1. The first-order valence-electron chi connectivity index (χ1n) is 20.1. The third-order valence-electron chi connectivity index (χ3n) is 11.9. The SMILES string of the molecule is [C-]#[N+]c1c(-n2c3cc(-c4ccccc4)ccc3c3ccc(-c4ccccc4)cc32)cc(-n2c3cc(-c4ccccc4)ccc3c3ccc(-c4ccccc4)cc32)c(C#N)c1F. The minimum absolute atomic E-state index is 0.195. The molecule has 0 aliphatic carbocycles. The average molecular weight is 781 g/mol. The molecule has 0 saturated heterocycles. The number of aromatic nitrogens is 2. The van der Waals surface area contributed by atoms with Crippen LogP contribution in [-0.2, 0) is 0 Å². The van der Waals surface area contributed by atoms with Gasteiger partial charge in [0.25, 0.3) is 0 Å². The molecule has 0 N–H and O–H groups in total. The van der Waals surface area contributed by atoms with E-state index in [1.807, 2.05) is 88.0 Å². The topological polar surface area (TPSA) is 38.0 Å². The molecule has 9 aromatic carbocycles. The number of fused-ring (bicyclic) bond motifs is 6. The van der Waals surface area contributed by atoms with Crippen molar-refractivity contribution in [3.63, 3.8) is 0 Å². The lowest BCUT2D eigenvalue weighted by Gasteiger charge is -2.18. The number of nitrogens with zero attached hydrogens (tertiary/aromatic N) is 4. The summed E-state index contributed by atoms with van der Waals surface area (Å²) in [5.74, 6) is -0.855. The molecule has 11 rings (SSSR count). The smallest absolute Gasteiger partial charge is 0.246 e. The Morgan fingerprint density at radius 1 is 0.393 bits per heavy atom. The molecule has 0 unspecified atom stereocenters. The van der Waals surface area contributed by atoms with Crippen molar-refractivity contribution >= 4 is 49.3 Å². The number of halogens is 1. The van der Waals surface area contributed by atoms with Gasteiger partial charge in [-0.05, 0) is 74.8 Å². The number of hydrogen-bond donors (Lipinski definition) is 0. The zero-order chi connectivity index (χ0) is 41.0. The fourth-order valence-electron chi connectivity index (χ4n) is 8.97. The molecule has 0 aliphatic heterocycles. The van der Waals surface area contributed by atoms with Gasteiger partial charge in [0, 0.05) is 21.5 Å². The lowest BCUT2D eigenvalue weighted by molar-refractivity contribution is 0.628. The van der Waals surface area contributed by atoms with Crippen LogP contribution in [0.5, 0.6) is 0 Å². The van der Waals surface area contributed by atoms with Gasteiger partial charge in [0.2, 0.25) is 5.69 Å². The number of hydrogen-bond acceptors (Lipinski definition) is 1. The summed E-state index contributed by atoms with van der Waals surface area (Å²) in [4.78, 5) is 3.86. The minimum Gasteiger partial charge on any atom is -0.319 e. The number of benzene rings is 9. The second kappa shape index (κ2) is 14.4. The molecule has 0 aliphatic rings. The average Bonchev–Trinajstić information content (AvgIpc) is 3.83. The van der Waals surface area contributed by atoms with E-state index in [4.69, 9.17) is 6.57 Å². The van der Waals surface area contributed by atoms with Crippen LogP contribution in [-0.4, -0.2) is 9.13 Å². The van der Waals surface area contributed by atoms with Gasteiger partial charge < -0.3 is 9.13 Å². The van der Waals surface area contributed by atoms with Gasteiger partial charge in [-0.15, -0.1) is 0 Å². The third-order valence-corrected chi connectivity index (χ3v) is 11.9. The second-order valence-electron chi connectivity index (χ2n) is 15.2. The molecule has 284 valence electrons. The van der Waals surface area contributed by atoms with E-state index in [2.05, 4.69) is 132 Å². The zero-order valence-corrected chi connectivity index (χ0v) is 32.7. The maximum absolute atomic E-state index is 17.5. The molecule has 5 heteroatoms. The van der Waals surface area contributed by atoms with E-state index < -0.39 is 5.82 Å². The molecule has 0 saturated carbocycles. The van der Waals surface area contributed by atoms with Crippen LogP contribution in [0.15, 0.2) is 200 Å². The van der Waals surface area contributed by atoms with Crippen molar-refractivity contribution in [3.05, 3.63) is 223 Å². The molecule has 2 heterocycles. The summed E-state index contributed by atoms with van der Waals surface area (Å²) in [5, 5.41) is 14.8. The van der Waals surface area contributed by atoms with Crippen LogP contribution < -0.4 is 0 Å². The molecule has 0 radical (unpaired) electrons. The van der Waals surface area contributed by atoms with E-state index >= 15 is 4.39 Å². The van der Waals surface area contributed by atoms with Gasteiger partial charge in [0.15, 0.2) is 5.82 Å². The van der Waals surface area contributed by atoms with Crippen LogP contribution in [0.25, 0.3) is 104 Å². The van der Waals surface area contributed by atoms with Gasteiger partial charge in [-0.25, -0.2) is 9.24 Å². The zero-order valence-electron chi connectivity index (χ0n) is 32.7. The van der Waals surface area contributed by atoms with Crippen molar-refractivity contribution in [2.75, 3.05) is 0 Å². The fourth-order valence-corrected chi connectivity index (χ4v) is 8.97. The van der Waals surface area contributed by atoms with Gasteiger partial charge in [-0.1, -0.05) is 170 Å². The Labute approximate surface area is 351 Å². The molecule has 2 aromatic heterocycles. The highest BCUT2D eigenvalue weighted by molar-refractivity contribution is 6.13. The monoisotopic (exact) mass is 780 g/mol. The van der Waals surface area contributed by atoms with Crippen molar-refractivity contribution in [2.24, 2.45) is 0 Å². The normalized spacial score (nSPS) is 11.3. The number of rotatable bonds is 6. The maximum Gasteiger partial charge on any atom is 0.246 e. The summed E-state index contributed by atoms with van der Waals surface area (Å²) in [7, 11) is 0. The molecular formula is C56H33FN4. The highest BCUT2D eigenvalue weighted by Crippen LogP contribution is 2.44. The standard InChI is InChI=1S/C56H33FN4/c1-59-56-54(61-51-32-42(38-18-10-4-11-19-38)24-28-46(51)47-29-25-43(33-52(47)61)39-20-12-5-13-21-39)34-53(48(35-58)55(56)57)60-49-30-40(36-14-6-2-7-15-36)22-26-44(49)45-27-23-41(31-50(45)60)37-16-8-3-9-17-37/h2-34H. The molecule has 0 bridgehead atoms. The quantitative estimate of drug-likeness (QED) is 0.155. The van der Waals surface area contributed by atoms with Crippen LogP contribution in [0, 0.1) is 23.7 Å². The lowest BCUT2D eigenvalue weighted by Crippen LogP contribution is -2.05. The van der Waals surface area contributed by atoms with Gasteiger partial charge in [0.05, 0.1) is 40.0 Å². The maximum atomic E-state index is 17.5. The van der Waals surface area contributed by atoms with Crippen LogP contribution in [0.2, 0.25) is 0 Å². The van der Waals surface area contributed by atoms with Crippen molar-refractivity contribution in [2.45, 2.75) is 0 Å². The lowest BCUT2D eigenvalue weighted by atomic mass is 10.0. The van der Waals surface area contributed by atoms with Crippen molar-refractivity contribution in [1.29, 1.82) is 5.26 Å². The first-order chi connectivity index (χ1) is 30.1. The van der Waals surface area contributed by atoms with E-state index in [1.54, 1.807) is 0 Å². The van der Waals surface area contributed by atoms with Crippen molar-refractivity contribution in [1.82, 2.24) is 9.13 Å². The molecular weight excluding hydrogens is 748 g/mol. The molecule has 0 amide bonds. The van der Waals surface area contributed by atoms with E-state index in [9.17, 15) is 5.26 Å². The summed E-state index contributed by atoms with van der Waals surface area (Å²) in [6.45, 7) is 8.48. The second-order valence-corrected chi connectivity index (χ2v) is 15.2. The largest absolute Gasteiger partial charge is 0.319 e. The van der Waals surface area contributed by atoms with Crippen LogP contribution in [0.4, 0.5) is 10.1 Å². The molecule has 0 fully saturated rings. The van der Waals surface area contributed by atoms with Gasteiger partial charge in [0.1, 0.15) is 11.6 Å². The summed E-state index contributed by atoms with van der Waals surface area (Å²) in [6, 6.07) is 70.1. The van der Waals surface area contributed by atoms with E-state index in [-0.39, 0.29) is 11.3 Å². The van der Waals surface area contributed by atoms with Gasteiger partial charge in [-0.2, -0.15) is 5.26 Å². The van der Waals surface area contributed by atoms with Crippen molar-refractivity contribution < 1.29 is 4.39 Å². The predicted molar refractivity (Wildman–Crippen MR) is 248 cm³/mol. The van der Waals surface area contributed by atoms with Crippen molar-refractivity contribution in [3.8, 4) is 62.0 Å². The minimum atomic E-state index is -0.855. The Morgan fingerprint density at radius 2 is 0.705 bits per heavy atom. The van der Waals surface area contributed by atoms with Crippen LogP contribution in [0.3, 0.4) is 0 Å². The Balaban J connectivity index is 1.27. The predicted octanol–water partition coefficient (Wildman–Crippen LogP) is 15.1. The third kappa shape index (κ3) is 5.80. The molecule has 4 nitrogen and oxygen atoms in total. The Bertz CT molecular complexity index is 3160. The summed E-state index contributed by atoms with van der Waals surface area (Å²) >= 11 is 0.